The zero-order chi connectivity index (χ0) is 7.49. The van der Waals surface area contributed by atoms with E-state index < -0.39 is 6.49 Å². The van der Waals surface area contributed by atoms with Crippen LogP contribution in [0.15, 0.2) is 0 Å². The Morgan fingerprint density at radius 2 is 1.78 bits per heavy atom. The third-order valence-corrected chi connectivity index (χ3v) is 7.36. The largest absolute Gasteiger partial charge is 0.349 e. The van der Waals surface area contributed by atoms with Crippen molar-refractivity contribution in [3.63, 3.8) is 0 Å². The second-order valence-electron chi connectivity index (χ2n) is 2.16. The third kappa shape index (κ3) is 3.41. The molecule has 0 saturated heterocycles. The van der Waals surface area contributed by atoms with Crippen LogP contribution in [0.25, 0.3) is 0 Å². The Labute approximate surface area is 59.0 Å². The van der Waals surface area contributed by atoms with E-state index in [1.54, 1.807) is 0 Å². The Hall–Kier alpha value is 0.700. The number of hydrogen-bond donors (Lipinski definition) is 2. The molecule has 0 radical (unpaired) electrons. The fraction of sp³-hybridized carbons (Fsp3) is 1.00. The molecular weight excluding hydrogens is 155 g/mol. The summed E-state index contributed by atoms with van der Waals surface area (Å²) in [5, 5.41) is 0. The molecule has 0 heterocycles. The van der Waals surface area contributed by atoms with Gasteiger partial charge in [-0.15, -0.1) is 10.1 Å². The molecule has 0 aromatic heterocycles. The van der Waals surface area contributed by atoms with Gasteiger partial charge in [0, 0.05) is 6.16 Å². The van der Waals surface area contributed by atoms with Crippen molar-refractivity contribution in [2.45, 2.75) is 13.3 Å². The molecule has 0 amide bonds. The summed E-state index contributed by atoms with van der Waals surface area (Å²) in [6.45, 7) is -0.520. The predicted molar refractivity (Wildman–Crippen MR) is 45.7 cm³/mol. The summed E-state index contributed by atoms with van der Waals surface area (Å²) in [5.41, 5.74) is 0. The van der Waals surface area contributed by atoms with Crippen LogP contribution >= 0.6 is 6.49 Å². The lowest BCUT2D eigenvalue weighted by atomic mass is 10.6. The van der Waals surface area contributed by atoms with Gasteiger partial charge >= 0.3 is 0 Å². The Bertz CT molecular complexity index is 134. The molecule has 0 unspecified atom stereocenters. The quantitative estimate of drug-likeness (QED) is 0.607. The molecule has 58 valence electrons. The van der Waals surface area contributed by atoms with Crippen LogP contribution in [0.4, 0.5) is 0 Å². The molecule has 0 aromatic carbocycles. The first-order valence-electron chi connectivity index (χ1n) is 2.92. The first kappa shape index (κ1) is 9.70. The number of hydrogen-bond acceptors (Lipinski definition) is 0. The van der Waals surface area contributed by atoms with Crippen molar-refractivity contribution in [2.24, 2.45) is 0 Å². The summed E-state index contributed by atoms with van der Waals surface area (Å²) in [7, 11) is -0.204. The minimum Gasteiger partial charge on any atom is -0.349 e. The monoisotopic (exact) mass is 170 g/mol. The van der Waals surface area contributed by atoms with Gasteiger partial charge in [0.15, 0.2) is 0 Å². The normalized spacial score (nSPS) is 12.7. The summed E-state index contributed by atoms with van der Waals surface area (Å²) < 4.78 is 0. The molecule has 0 aliphatic carbocycles. The zero-order valence-electron chi connectivity index (χ0n) is 6.16. The molecule has 4 heteroatoms. The van der Waals surface area contributed by atoms with Crippen molar-refractivity contribution in [2.75, 3.05) is 18.7 Å². The predicted octanol–water partition coefficient (Wildman–Crippen LogP) is 1.02. The van der Waals surface area contributed by atoms with Crippen LogP contribution in [-0.4, -0.2) is 28.5 Å². The fourth-order valence-electron chi connectivity index (χ4n) is 0.474. The van der Waals surface area contributed by atoms with Crippen molar-refractivity contribution in [3.8, 4) is 0 Å². The van der Waals surface area contributed by atoms with Gasteiger partial charge in [0.2, 0.25) is 0 Å². The van der Waals surface area contributed by atoms with Crippen LogP contribution in [0.3, 0.4) is 0 Å². The molecule has 0 saturated carbocycles. The van der Waals surface area contributed by atoms with E-state index in [-0.39, 0.29) is 10.1 Å². The molecule has 0 rings (SSSR count). The van der Waals surface area contributed by atoms with Crippen LogP contribution in [-0.2, 0) is 10.1 Å². The smallest absolute Gasteiger partial charge is 0.143 e. The van der Waals surface area contributed by atoms with E-state index in [1.165, 1.54) is 0 Å². The van der Waals surface area contributed by atoms with Crippen molar-refractivity contribution in [3.05, 3.63) is 0 Å². The second kappa shape index (κ2) is 3.77. The molecule has 0 aliphatic rings. The average molecular weight is 170 g/mol. The highest BCUT2D eigenvalue weighted by atomic mass is 32.5. The molecule has 0 atom stereocenters. The van der Waals surface area contributed by atoms with Gasteiger partial charge in [-0.05, 0) is 18.9 Å². The lowest BCUT2D eigenvalue weighted by Gasteiger charge is -2.13. The SMILES string of the molecule is CCCP(O)(O)=S(C)C. The van der Waals surface area contributed by atoms with Gasteiger partial charge in [-0.3, -0.25) is 0 Å². The van der Waals surface area contributed by atoms with E-state index in [0.29, 0.717) is 6.16 Å². The van der Waals surface area contributed by atoms with E-state index in [0.717, 1.165) is 6.42 Å². The van der Waals surface area contributed by atoms with Crippen LogP contribution in [0.5, 0.6) is 0 Å². The molecular formula is C5H15O2PS. The third-order valence-electron chi connectivity index (χ3n) is 1.10. The maximum atomic E-state index is 9.27. The van der Waals surface area contributed by atoms with Crippen LogP contribution in [0.1, 0.15) is 13.3 Å². The molecule has 0 aromatic rings. The lowest BCUT2D eigenvalue weighted by Crippen LogP contribution is -1.93. The van der Waals surface area contributed by atoms with E-state index in [9.17, 15) is 9.79 Å². The van der Waals surface area contributed by atoms with Crippen LogP contribution in [0, 0.1) is 0 Å². The summed E-state index contributed by atoms with van der Waals surface area (Å²) in [6, 6.07) is 0. The second-order valence-corrected chi connectivity index (χ2v) is 9.43. The van der Waals surface area contributed by atoms with Gasteiger partial charge in [-0.2, -0.15) is 0 Å². The molecule has 2 nitrogen and oxygen atoms in total. The van der Waals surface area contributed by atoms with Gasteiger partial charge in [0.25, 0.3) is 0 Å². The standard InChI is InChI=1S/C5H15O2PS/c1-4-5-8(6,7)9(2)3/h6-7H,4-5H2,1-3H3. The molecule has 0 fully saturated rings. The van der Waals surface area contributed by atoms with Gasteiger partial charge in [-0.25, -0.2) is 0 Å². The number of rotatable bonds is 2. The van der Waals surface area contributed by atoms with Gasteiger partial charge in [0.1, 0.15) is 6.49 Å². The van der Waals surface area contributed by atoms with Crippen molar-refractivity contribution >= 4 is 16.6 Å². The summed E-state index contributed by atoms with van der Waals surface area (Å²) >= 11 is 0. The van der Waals surface area contributed by atoms with E-state index in [1.807, 2.05) is 19.4 Å². The topological polar surface area (TPSA) is 40.5 Å². The molecule has 0 spiro atoms. The van der Waals surface area contributed by atoms with Gasteiger partial charge in [0.05, 0.1) is 0 Å². The molecule has 2 N–H and O–H groups in total. The first-order valence-corrected chi connectivity index (χ1v) is 7.45. The molecule has 9 heavy (non-hydrogen) atoms. The Kier molecular flexibility index (Phi) is 4.06. The molecule has 0 aliphatic heterocycles. The summed E-state index contributed by atoms with van der Waals surface area (Å²) in [4.78, 5) is 18.5. The zero-order valence-corrected chi connectivity index (χ0v) is 7.88. The van der Waals surface area contributed by atoms with Crippen molar-refractivity contribution in [1.29, 1.82) is 0 Å². The minimum absolute atomic E-state index is 0.204. The average Bonchev–Trinajstić information content (AvgIpc) is 1.65. The summed E-state index contributed by atoms with van der Waals surface area (Å²) in [5.74, 6) is 0. The Balaban J connectivity index is 4.19. The van der Waals surface area contributed by atoms with E-state index >= 15 is 0 Å². The fourth-order valence-corrected chi connectivity index (χ4v) is 3.06. The lowest BCUT2D eigenvalue weighted by molar-refractivity contribution is 0.477. The maximum Gasteiger partial charge on any atom is 0.143 e. The first-order chi connectivity index (χ1) is 4.00. The van der Waals surface area contributed by atoms with Gasteiger partial charge < -0.3 is 9.79 Å². The Morgan fingerprint density at radius 1 is 1.33 bits per heavy atom. The van der Waals surface area contributed by atoms with Crippen LogP contribution in [0.2, 0.25) is 0 Å². The highest BCUT2D eigenvalue weighted by molar-refractivity contribution is 8.28. The summed E-state index contributed by atoms with van der Waals surface area (Å²) in [6.07, 6.45) is 5.21. The highest BCUT2D eigenvalue weighted by Crippen LogP contribution is 2.40. The molecule has 0 bridgehead atoms. The van der Waals surface area contributed by atoms with E-state index in [4.69, 9.17) is 0 Å². The van der Waals surface area contributed by atoms with Crippen molar-refractivity contribution < 1.29 is 9.79 Å². The van der Waals surface area contributed by atoms with Gasteiger partial charge in [-0.1, -0.05) is 6.92 Å². The minimum atomic E-state index is -2.49. The van der Waals surface area contributed by atoms with Crippen molar-refractivity contribution in [1.82, 2.24) is 0 Å². The van der Waals surface area contributed by atoms with E-state index in [2.05, 4.69) is 0 Å². The highest BCUT2D eigenvalue weighted by Gasteiger charge is 2.07. The van der Waals surface area contributed by atoms with Crippen LogP contribution < -0.4 is 0 Å². The maximum absolute atomic E-state index is 9.27. The Morgan fingerprint density at radius 3 is 1.89 bits per heavy atom.